The first-order valence-corrected chi connectivity index (χ1v) is 8.77. The molecule has 2 heterocycles. The molecule has 2 rings (SSSR count). The summed E-state index contributed by atoms with van der Waals surface area (Å²) in [6.07, 6.45) is 5.96. The van der Waals surface area contributed by atoms with Gasteiger partial charge in [0.25, 0.3) is 5.91 Å². The van der Waals surface area contributed by atoms with Crippen LogP contribution in [0.1, 0.15) is 29.0 Å². The third-order valence-corrected chi connectivity index (χ3v) is 4.13. The number of nitrogens with one attached hydrogen (secondary N) is 1. The van der Waals surface area contributed by atoms with Crippen molar-refractivity contribution in [1.29, 1.82) is 0 Å². The molecule has 8 heteroatoms. The molecule has 21 heavy (non-hydrogen) atoms. The maximum absolute atomic E-state index is 12.3. The number of likely N-dealkylation sites (tertiary alicyclic amines) is 1. The SMILES string of the molecule is Cc1cnc(C(=O)N2CCC[C@H](CNS(C)(=O)=O)C2)cn1. The van der Waals surface area contributed by atoms with Crippen LogP contribution < -0.4 is 4.72 Å². The van der Waals surface area contributed by atoms with E-state index in [1.807, 2.05) is 6.92 Å². The quantitative estimate of drug-likeness (QED) is 0.856. The summed E-state index contributed by atoms with van der Waals surface area (Å²) < 4.78 is 24.8. The molecule has 0 unspecified atom stereocenters. The molecule has 1 atom stereocenters. The number of aromatic nitrogens is 2. The average Bonchev–Trinajstić information content (AvgIpc) is 2.45. The lowest BCUT2D eigenvalue weighted by Crippen LogP contribution is -2.43. The monoisotopic (exact) mass is 312 g/mol. The Hall–Kier alpha value is -1.54. The van der Waals surface area contributed by atoms with Gasteiger partial charge in [-0.2, -0.15) is 0 Å². The van der Waals surface area contributed by atoms with E-state index >= 15 is 0 Å². The van der Waals surface area contributed by atoms with Gasteiger partial charge in [-0.1, -0.05) is 0 Å². The predicted octanol–water partition coefficient (Wildman–Crippen LogP) is 0.186. The molecule has 0 saturated carbocycles. The summed E-state index contributed by atoms with van der Waals surface area (Å²) in [5, 5.41) is 0. The van der Waals surface area contributed by atoms with Gasteiger partial charge in [-0.25, -0.2) is 18.1 Å². The standard InChI is InChI=1S/C13H20N4O3S/c1-10-6-15-12(8-14-10)13(18)17-5-3-4-11(9-17)7-16-21(2,19)20/h6,8,11,16H,3-5,7,9H2,1-2H3/t11-/m1/s1. The van der Waals surface area contributed by atoms with Gasteiger partial charge >= 0.3 is 0 Å². The van der Waals surface area contributed by atoms with Crippen LogP contribution in [0.4, 0.5) is 0 Å². The van der Waals surface area contributed by atoms with Crippen LogP contribution in [-0.2, 0) is 10.0 Å². The van der Waals surface area contributed by atoms with Crippen molar-refractivity contribution in [1.82, 2.24) is 19.6 Å². The van der Waals surface area contributed by atoms with Crippen LogP contribution in [0.3, 0.4) is 0 Å². The maximum atomic E-state index is 12.3. The number of sulfonamides is 1. The number of amides is 1. The fraction of sp³-hybridized carbons (Fsp3) is 0.615. The summed E-state index contributed by atoms with van der Waals surface area (Å²) in [5.41, 5.74) is 1.10. The van der Waals surface area contributed by atoms with Crippen molar-refractivity contribution in [2.45, 2.75) is 19.8 Å². The van der Waals surface area contributed by atoms with Crippen LogP contribution in [0.15, 0.2) is 12.4 Å². The van der Waals surface area contributed by atoms with E-state index < -0.39 is 10.0 Å². The van der Waals surface area contributed by atoms with Gasteiger partial charge in [-0.15, -0.1) is 0 Å². The Bertz CT molecular complexity index is 600. The van der Waals surface area contributed by atoms with Crippen LogP contribution in [0.5, 0.6) is 0 Å². The largest absolute Gasteiger partial charge is 0.337 e. The molecular weight excluding hydrogens is 292 g/mol. The molecule has 1 aromatic heterocycles. The molecule has 1 amide bonds. The molecule has 0 aliphatic carbocycles. The van der Waals surface area contributed by atoms with E-state index in [2.05, 4.69) is 14.7 Å². The molecule has 1 aromatic rings. The van der Waals surface area contributed by atoms with E-state index in [-0.39, 0.29) is 11.8 Å². The lowest BCUT2D eigenvalue weighted by atomic mass is 9.98. The number of nitrogens with zero attached hydrogens (tertiary/aromatic N) is 3. The number of carbonyl (C=O) groups excluding carboxylic acids is 1. The number of aryl methyl sites for hydroxylation is 1. The van der Waals surface area contributed by atoms with Crippen LogP contribution in [0.25, 0.3) is 0 Å². The van der Waals surface area contributed by atoms with Crippen molar-refractivity contribution >= 4 is 15.9 Å². The summed E-state index contributed by atoms with van der Waals surface area (Å²) in [6, 6.07) is 0. The number of hydrogen-bond acceptors (Lipinski definition) is 5. The first-order chi connectivity index (χ1) is 9.85. The van der Waals surface area contributed by atoms with Crippen molar-refractivity contribution in [2.24, 2.45) is 5.92 Å². The molecule has 0 aromatic carbocycles. The molecule has 0 bridgehead atoms. The summed E-state index contributed by atoms with van der Waals surface area (Å²) in [7, 11) is -3.19. The average molecular weight is 312 g/mol. The minimum atomic E-state index is -3.19. The van der Waals surface area contributed by atoms with E-state index in [1.165, 1.54) is 6.20 Å². The van der Waals surface area contributed by atoms with Gasteiger partial charge in [0.05, 0.1) is 18.1 Å². The summed E-state index contributed by atoms with van der Waals surface area (Å²) >= 11 is 0. The first-order valence-electron chi connectivity index (χ1n) is 6.88. The highest BCUT2D eigenvalue weighted by atomic mass is 32.2. The van der Waals surface area contributed by atoms with E-state index in [0.29, 0.717) is 25.3 Å². The lowest BCUT2D eigenvalue weighted by Gasteiger charge is -2.32. The molecule has 116 valence electrons. The number of carbonyl (C=O) groups is 1. The van der Waals surface area contributed by atoms with Crippen molar-refractivity contribution in [3.8, 4) is 0 Å². The second-order valence-electron chi connectivity index (χ2n) is 5.42. The summed E-state index contributed by atoms with van der Waals surface area (Å²) in [6.45, 7) is 3.39. The van der Waals surface area contributed by atoms with Gasteiger partial charge in [0.1, 0.15) is 5.69 Å². The molecule has 0 radical (unpaired) electrons. The van der Waals surface area contributed by atoms with Gasteiger partial charge in [0, 0.05) is 25.8 Å². The van der Waals surface area contributed by atoms with Crippen LogP contribution in [0, 0.1) is 12.8 Å². The highest BCUT2D eigenvalue weighted by molar-refractivity contribution is 7.88. The van der Waals surface area contributed by atoms with Crippen molar-refractivity contribution in [2.75, 3.05) is 25.9 Å². The van der Waals surface area contributed by atoms with Crippen LogP contribution in [0.2, 0.25) is 0 Å². The third-order valence-electron chi connectivity index (χ3n) is 3.44. The molecule has 1 aliphatic heterocycles. The Labute approximate surface area is 124 Å². The normalized spacial score (nSPS) is 19.5. The Morgan fingerprint density at radius 1 is 1.43 bits per heavy atom. The Kier molecular flexibility index (Phi) is 4.89. The Morgan fingerprint density at radius 2 is 2.19 bits per heavy atom. The van der Waals surface area contributed by atoms with Gasteiger partial charge in [-0.3, -0.25) is 9.78 Å². The van der Waals surface area contributed by atoms with E-state index in [4.69, 9.17) is 0 Å². The van der Waals surface area contributed by atoms with Crippen molar-refractivity contribution in [3.05, 3.63) is 23.8 Å². The lowest BCUT2D eigenvalue weighted by molar-refractivity contribution is 0.0670. The molecule has 0 spiro atoms. The fourth-order valence-corrected chi connectivity index (χ4v) is 2.89. The van der Waals surface area contributed by atoms with Crippen molar-refractivity contribution in [3.63, 3.8) is 0 Å². The number of hydrogen-bond donors (Lipinski definition) is 1. The van der Waals surface area contributed by atoms with E-state index in [1.54, 1.807) is 11.1 Å². The smallest absolute Gasteiger partial charge is 0.274 e. The Morgan fingerprint density at radius 3 is 2.81 bits per heavy atom. The summed E-state index contributed by atoms with van der Waals surface area (Å²) in [4.78, 5) is 22.2. The minimum absolute atomic E-state index is 0.135. The number of rotatable bonds is 4. The van der Waals surface area contributed by atoms with Gasteiger partial charge < -0.3 is 4.90 Å². The highest BCUT2D eigenvalue weighted by Gasteiger charge is 2.25. The predicted molar refractivity (Wildman–Crippen MR) is 78.2 cm³/mol. The summed E-state index contributed by atoms with van der Waals surface area (Å²) in [5.74, 6) is -0.0117. The molecule has 7 nitrogen and oxygen atoms in total. The molecule has 1 N–H and O–H groups in total. The van der Waals surface area contributed by atoms with Gasteiger partial charge in [-0.05, 0) is 25.7 Å². The van der Waals surface area contributed by atoms with Crippen LogP contribution >= 0.6 is 0 Å². The minimum Gasteiger partial charge on any atom is -0.337 e. The van der Waals surface area contributed by atoms with E-state index in [0.717, 1.165) is 24.8 Å². The fourth-order valence-electron chi connectivity index (χ4n) is 2.35. The molecule has 1 saturated heterocycles. The highest BCUT2D eigenvalue weighted by Crippen LogP contribution is 2.17. The maximum Gasteiger partial charge on any atom is 0.274 e. The zero-order chi connectivity index (χ0) is 15.5. The zero-order valence-corrected chi connectivity index (χ0v) is 13.1. The molecule has 1 fully saturated rings. The molecular formula is C13H20N4O3S. The second kappa shape index (κ2) is 6.48. The third kappa shape index (κ3) is 4.75. The van der Waals surface area contributed by atoms with Gasteiger partial charge in [0.15, 0.2) is 0 Å². The van der Waals surface area contributed by atoms with Crippen molar-refractivity contribution < 1.29 is 13.2 Å². The Balaban J connectivity index is 1.97. The second-order valence-corrected chi connectivity index (χ2v) is 7.26. The number of piperidine rings is 1. The molecule has 1 aliphatic rings. The zero-order valence-electron chi connectivity index (χ0n) is 12.2. The van der Waals surface area contributed by atoms with Gasteiger partial charge in [0.2, 0.25) is 10.0 Å². The topological polar surface area (TPSA) is 92.3 Å². The van der Waals surface area contributed by atoms with Crippen LogP contribution in [-0.4, -0.2) is 55.1 Å². The first kappa shape index (κ1) is 15.8. The van der Waals surface area contributed by atoms with E-state index in [9.17, 15) is 13.2 Å².